The van der Waals surface area contributed by atoms with Gasteiger partial charge in [-0.2, -0.15) is 0 Å². The molecule has 1 aliphatic rings. The van der Waals surface area contributed by atoms with Crippen molar-refractivity contribution in [2.45, 2.75) is 51.4 Å². The van der Waals surface area contributed by atoms with Crippen LogP contribution in [0.4, 0.5) is 0 Å². The summed E-state index contributed by atoms with van der Waals surface area (Å²) in [4.78, 5) is 11.0. The molecule has 4 nitrogen and oxygen atoms in total. The molecule has 0 saturated carbocycles. The minimum Gasteiger partial charge on any atom is -0.309 e. The third kappa shape index (κ3) is 5.10. The van der Waals surface area contributed by atoms with Gasteiger partial charge >= 0.3 is 0 Å². The predicted molar refractivity (Wildman–Crippen MR) is 252 cm³/mol. The Morgan fingerprint density at radius 1 is 0.433 bits per heavy atom. The first-order valence-electron chi connectivity index (χ1n) is 21.2. The molecule has 8 aromatic carbocycles. The molecule has 0 atom stereocenters. The van der Waals surface area contributed by atoms with Gasteiger partial charge in [0.25, 0.3) is 0 Å². The van der Waals surface area contributed by atoms with Crippen molar-refractivity contribution in [1.29, 1.82) is 0 Å². The van der Waals surface area contributed by atoms with E-state index in [4.69, 9.17) is 9.97 Å². The van der Waals surface area contributed by atoms with E-state index in [0.29, 0.717) is 5.95 Å². The van der Waals surface area contributed by atoms with Gasteiger partial charge in [0.1, 0.15) is 0 Å². The highest BCUT2D eigenvalue weighted by atomic mass is 15.2. The van der Waals surface area contributed by atoms with Crippen LogP contribution >= 0.6 is 0 Å². The molecule has 3 aromatic heterocycles. The number of aromatic nitrogens is 4. The van der Waals surface area contributed by atoms with Crippen molar-refractivity contribution >= 4 is 65.3 Å². The lowest BCUT2D eigenvalue weighted by Crippen LogP contribution is -2.33. The number of hydrogen-bond acceptors (Lipinski definition) is 2. The van der Waals surface area contributed by atoms with Crippen molar-refractivity contribution in [3.05, 3.63) is 181 Å². The molecule has 0 bridgehead atoms. The maximum Gasteiger partial charge on any atom is 0.235 e. The Kier molecular flexibility index (Phi) is 7.41. The zero-order valence-electron chi connectivity index (χ0n) is 34.4. The molecular formula is C56H44N4. The zero-order valence-corrected chi connectivity index (χ0v) is 34.4. The summed E-state index contributed by atoms with van der Waals surface area (Å²) in [5, 5.41) is 8.32. The van der Waals surface area contributed by atoms with Gasteiger partial charge in [0.05, 0.1) is 33.3 Å². The van der Waals surface area contributed by atoms with Gasteiger partial charge in [-0.05, 0) is 93.8 Å². The van der Waals surface area contributed by atoms with Crippen molar-refractivity contribution in [3.8, 4) is 34.0 Å². The van der Waals surface area contributed by atoms with Crippen molar-refractivity contribution in [1.82, 2.24) is 19.1 Å². The molecule has 4 heteroatoms. The molecule has 0 spiro atoms. The zero-order chi connectivity index (χ0) is 40.3. The Balaban J connectivity index is 1.23. The van der Waals surface area contributed by atoms with Gasteiger partial charge in [-0.1, -0.05) is 155 Å². The van der Waals surface area contributed by atoms with E-state index in [-0.39, 0.29) is 10.8 Å². The lowest BCUT2D eigenvalue weighted by Gasteiger charge is -2.42. The molecule has 0 unspecified atom stereocenters. The molecule has 0 N–H and O–H groups in total. The normalized spacial score (nSPS) is 14.8. The van der Waals surface area contributed by atoms with E-state index >= 15 is 0 Å². The topological polar surface area (TPSA) is 35.6 Å². The first-order valence-corrected chi connectivity index (χ1v) is 21.2. The van der Waals surface area contributed by atoms with Crippen molar-refractivity contribution in [2.24, 2.45) is 0 Å². The first-order chi connectivity index (χ1) is 29.2. The fraction of sp³-hybridized carbons (Fsp3) is 0.143. The smallest absolute Gasteiger partial charge is 0.235 e. The molecule has 0 aliphatic heterocycles. The monoisotopic (exact) mass is 772 g/mol. The van der Waals surface area contributed by atoms with E-state index < -0.39 is 0 Å². The summed E-state index contributed by atoms with van der Waals surface area (Å²) in [5.74, 6) is 0.658. The van der Waals surface area contributed by atoms with E-state index in [1.165, 1.54) is 72.9 Å². The molecule has 1 aliphatic carbocycles. The number of nitrogens with zero attached hydrogens (tertiary/aromatic N) is 4. The molecule has 288 valence electrons. The third-order valence-electron chi connectivity index (χ3n) is 13.6. The van der Waals surface area contributed by atoms with E-state index in [0.717, 1.165) is 44.4 Å². The SMILES string of the molecule is CC1(C)CCC(C)(C)c2cc3c(cc21)c1ccc2c(c4ccc5ccccc5c4n2-c2nc(-c4cccc(-c5ccccc5)c4)c4ccccc4n2)c1n3-c1ccccc1. The average Bonchev–Trinajstić information content (AvgIpc) is 3.81. The summed E-state index contributed by atoms with van der Waals surface area (Å²) in [6, 6.07) is 61.8. The third-order valence-corrected chi connectivity index (χ3v) is 13.6. The molecule has 3 heterocycles. The second kappa shape index (κ2) is 12.7. The maximum atomic E-state index is 5.59. The maximum absolute atomic E-state index is 5.59. The second-order valence-corrected chi connectivity index (χ2v) is 18.1. The van der Waals surface area contributed by atoms with Crippen LogP contribution in [0, 0.1) is 0 Å². The van der Waals surface area contributed by atoms with Crippen LogP contribution in [-0.4, -0.2) is 19.1 Å². The minimum atomic E-state index is 0.0764. The van der Waals surface area contributed by atoms with E-state index in [2.05, 4.69) is 207 Å². The van der Waals surface area contributed by atoms with Gasteiger partial charge in [0.2, 0.25) is 5.95 Å². The van der Waals surface area contributed by atoms with E-state index in [1.54, 1.807) is 0 Å². The van der Waals surface area contributed by atoms with E-state index in [1.807, 2.05) is 0 Å². The number of fused-ring (bicyclic) bond motifs is 11. The minimum absolute atomic E-state index is 0.0764. The Bertz CT molecular complexity index is 3530. The van der Waals surface area contributed by atoms with Crippen LogP contribution in [-0.2, 0) is 10.8 Å². The van der Waals surface area contributed by atoms with Crippen molar-refractivity contribution in [2.75, 3.05) is 0 Å². The predicted octanol–water partition coefficient (Wildman–Crippen LogP) is 14.7. The van der Waals surface area contributed by atoms with E-state index in [9.17, 15) is 0 Å². The van der Waals surface area contributed by atoms with Gasteiger partial charge in [0.15, 0.2) is 0 Å². The van der Waals surface area contributed by atoms with Crippen molar-refractivity contribution in [3.63, 3.8) is 0 Å². The molecule has 12 rings (SSSR count). The fourth-order valence-electron chi connectivity index (χ4n) is 10.3. The lowest BCUT2D eigenvalue weighted by molar-refractivity contribution is 0.332. The van der Waals surface area contributed by atoms with Crippen LogP contribution in [0.2, 0.25) is 0 Å². The van der Waals surface area contributed by atoms with Crippen molar-refractivity contribution < 1.29 is 0 Å². The number of para-hydroxylation sites is 2. The molecule has 0 radical (unpaired) electrons. The van der Waals surface area contributed by atoms with Crippen LogP contribution < -0.4 is 0 Å². The van der Waals surface area contributed by atoms with Crippen LogP contribution in [0.1, 0.15) is 51.7 Å². The summed E-state index contributed by atoms with van der Waals surface area (Å²) < 4.78 is 4.87. The van der Waals surface area contributed by atoms with Crippen LogP contribution in [0.5, 0.6) is 0 Å². The van der Waals surface area contributed by atoms with Gasteiger partial charge < -0.3 is 4.57 Å². The standard InChI is InChI=1S/C56H44N4/c1-55(2)30-31-56(3,4)46-34-49-44(33-45(46)55)41-28-29-48-50(53(41)59(49)39-21-9-6-10-22-39)43-27-26-36-18-11-12-23-40(36)52(43)60(48)54-57-47-25-14-13-24-42(47)51(58-54)38-20-15-19-37(32-38)35-16-7-5-8-17-35/h5-29,32-34H,30-31H2,1-4H3. The average molecular weight is 773 g/mol. The Morgan fingerprint density at radius 3 is 1.88 bits per heavy atom. The highest BCUT2D eigenvalue weighted by Crippen LogP contribution is 2.50. The van der Waals surface area contributed by atoms with Gasteiger partial charge in [-0.25, -0.2) is 9.97 Å². The Hall–Kier alpha value is -7.04. The number of rotatable bonds is 4. The highest BCUT2D eigenvalue weighted by Gasteiger charge is 2.38. The van der Waals surface area contributed by atoms with Gasteiger partial charge in [0, 0.05) is 43.6 Å². The van der Waals surface area contributed by atoms with Crippen LogP contribution in [0.15, 0.2) is 170 Å². The molecule has 11 aromatic rings. The summed E-state index contributed by atoms with van der Waals surface area (Å²) in [6.07, 6.45) is 2.34. The largest absolute Gasteiger partial charge is 0.309 e. The van der Waals surface area contributed by atoms with Gasteiger partial charge in [-0.15, -0.1) is 0 Å². The second-order valence-electron chi connectivity index (χ2n) is 18.1. The molecule has 0 saturated heterocycles. The van der Waals surface area contributed by atoms with Gasteiger partial charge in [-0.3, -0.25) is 4.57 Å². The number of benzene rings is 8. The molecule has 0 fully saturated rings. The quantitative estimate of drug-likeness (QED) is 0.179. The summed E-state index contributed by atoms with van der Waals surface area (Å²) >= 11 is 0. The Labute approximate surface area is 349 Å². The summed E-state index contributed by atoms with van der Waals surface area (Å²) in [5.41, 5.74) is 14.1. The lowest BCUT2D eigenvalue weighted by atomic mass is 9.63. The number of hydrogen-bond donors (Lipinski definition) is 0. The highest BCUT2D eigenvalue weighted by molar-refractivity contribution is 6.29. The summed E-state index contributed by atoms with van der Waals surface area (Å²) in [7, 11) is 0. The Morgan fingerprint density at radius 2 is 1.08 bits per heavy atom. The van der Waals surface area contributed by atoms with Crippen LogP contribution in [0.25, 0.3) is 99.3 Å². The fourth-order valence-corrected chi connectivity index (χ4v) is 10.3. The van der Waals surface area contributed by atoms with Crippen LogP contribution in [0.3, 0.4) is 0 Å². The molecule has 0 amide bonds. The summed E-state index contributed by atoms with van der Waals surface area (Å²) in [6.45, 7) is 9.70. The molecular weight excluding hydrogens is 729 g/mol. The first kappa shape index (κ1) is 35.0. The molecule has 60 heavy (non-hydrogen) atoms.